The summed E-state index contributed by atoms with van der Waals surface area (Å²) in [5.74, 6) is 0.419. The molecular weight excluding hydrogens is 266 g/mol. The average molecular weight is 297 g/mol. The minimum Gasteiger partial charge on any atom is -0.467 e. The van der Waals surface area contributed by atoms with Crippen molar-refractivity contribution in [1.82, 2.24) is 4.90 Å². The Kier molecular flexibility index (Phi) is 5.67. The Morgan fingerprint density at radius 2 is 1.81 bits per heavy atom. The Bertz CT molecular complexity index is 338. The maximum Gasteiger partial charge on any atom is 0.334 e. The number of aliphatic hydroxyl groups excluding tert-OH is 1. The molecule has 1 saturated carbocycles. The molecule has 1 saturated heterocycles. The van der Waals surface area contributed by atoms with Crippen LogP contribution in [0.3, 0.4) is 0 Å². The monoisotopic (exact) mass is 297 g/mol. The molecule has 0 bridgehead atoms. The molecule has 21 heavy (non-hydrogen) atoms. The van der Waals surface area contributed by atoms with E-state index in [1.165, 1.54) is 39.3 Å². The van der Waals surface area contributed by atoms with Crippen molar-refractivity contribution in [2.75, 3.05) is 26.7 Å². The van der Waals surface area contributed by atoms with Gasteiger partial charge in [0.2, 0.25) is 0 Å². The van der Waals surface area contributed by atoms with E-state index in [9.17, 15) is 9.90 Å². The van der Waals surface area contributed by atoms with Crippen molar-refractivity contribution in [2.45, 2.75) is 58.5 Å². The quantitative estimate of drug-likeness (QED) is 0.810. The molecule has 1 aliphatic carbocycles. The molecule has 4 nitrogen and oxygen atoms in total. The van der Waals surface area contributed by atoms with Crippen molar-refractivity contribution < 1.29 is 14.6 Å². The summed E-state index contributed by atoms with van der Waals surface area (Å²) in [7, 11) is 1.34. The van der Waals surface area contributed by atoms with Gasteiger partial charge in [-0.3, -0.25) is 0 Å². The fourth-order valence-corrected chi connectivity index (χ4v) is 3.77. The Morgan fingerprint density at radius 1 is 1.24 bits per heavy atom. The number of aliphatic hydroxyl groups is 1. The Labute approximate surface area is 128 Å². The number of hydrogen-bond donors (Lipinski definition) is 1. The minimum absolute atomic E-state index is 0.0685. The van der Waals surface area contributed by atoms with E-state index in [1.54, 1.807) is 0 Å². The molecule has 1 unspecified atom stereocenters. The molecule has 0 amide bonds. The zero-order valence-corrected chi connectivity index (χ0v) is 13.8. The maximum atomic E-state index is 11.4. The van der Waals surface area contributed by atoms with E-state index in [1.807, 2.05) is 0 Å². The average Bonchev–Trinajstić information content (AvgIpc) is 2.48. The third-order valence-electron chi connectivity index (χ3n) is 5.50. The topological polar surface area (TPSA) is 49.8 Å². The molecule has 2 aliphatic rings. The fraction of sp³-hybridized carbons (Fsp3) is 0.941. The lowest BCUT2D eigenvalue weighted by Crippen LogP contribution is -2.43. The summed E-state index contributed by atoms with van der Waals surface area (Å²) in [6.07, 6.45) is 6.23. The molecule has 0 radical (unpaired) electrons. The van der Waals surface area contributed by atoms with Crippen molar-refractivity contribution in [2.24, 2.45) is 17.3 Å². The van der Waals surface area contributed by atoms with Gasteiger partial charge in [-0.2, -0.15) is 0 Å². The standard InChI is InChI=1S/C17H31NO3/c1-17(2)8-4-13(5-9-17)12-18-10-6-14(7-11-18)15(19)16(20)21-3/h13-15,19H,4-12H2,1-3H3. The lowest BCUT2D eigenvalue weighted by Gasteiger charge is -2.39. The number of rotatable bonds is 4. The van der Waals surface area contributed by atoms with Crippen molar-refractivity contribution in [3.8, 4) is 0 Å². The first-order valence-corrected chi connectivity index (χ1v) is 8.39. The number of carbonyl (C=O) groups excluding carboxylic acids is 1. The highest BCUT2D eigenvalue weighted by Crippen LogP contribution is 2.38. The van der Waals surface area contributed by atoms with Gasteiger partial charge in [-0.15, -0.1) is 0 Å². The van der Waals surface area contributed by atoms with Crippen molar-refractivity contribution in [3.63, 3.8) is 0 Å². The van der Waals surface area contributed by atoms with Crippen LogP contribution in [0.1, 0.15) is 52.4 Å². The van der Waals surface area contributed by atoms with Crippen LogP contribution in [0.5, 0.6) is 0 Å². The highest BCUT2D eigenvalue weighted by molar-refractivity contribution is 5.74. The number of piperidine rings is 1. The summed E-state index contributed by atoms with van der Waals surface area (Å²) in [5.41, 5.74) is 0.536. The largest absolute Gasteiger partial charge is 0.467 e. The second-order valence-corrected chi connectivity index (χ2v) is 7.71. The van der Waals surface area contributed by atoms with Crippen LogP contribution in [0.2, 0.25) is 0 Å². The van der Waals surface area contributed by atoms with Crippen molar-refractivity contribution in [3.05, 3.63) is 0 Å². The molecule has 1 aliphatic heterocycles. The van der Waals surface area contributed by atoms with Gasteiger partial charge in [-0.05, 0) is 68.9 Å². The molecular formula is C17H31NO3. The highest BCUT2D eigenvalue weighted by atomic mass is 16.5. The predicted octanol–water partition coefficient (Wildman–Crippen LogP) is 2.45. The van der Waals surface area contributed by atoms with Gasteiger partial charge in [-0.25, -0.2) is 4.79 Å². The highest BCUT2D eigenvalue weighted by Gasteiger charge is 2.32. The van der Waals surface area contributed by atoms with Crippen LogP contribution in [-0.2, 0) is 9.53 Å². The number of ether oxygens (including phenoxy) is 1. The van der Waals surface area contributed by atoms with E-state index in [2.05, 4.69) is 23.5 Å². The fourth-order valence-electron chi connectivity index (χ4n) is 3.77. The van der Waals surface area contributed by atoms with Gasteiger partial charge < -0.3 is 14.7 Å². The Hall–Kier alpha value is -0.610. The molecule has 0 aromatic heterocycles. The summed E-state index contributed by atoms with van der Waals surface area (Å²) in [5, 5.41) is 9.91. The summed E-state index contributed by atoms with van der Waals surface area (Å²) in [6, 6.07) is 0. The van der Waals surface area contributed by atoms with E-state index < -0.39 is 12.1 Å². The summed E-state index contributed by atoms with van der Waals surface area (Å²) in [6.45, 7) is 7.94. The van der Waals surface area contributed by atoms with Gasteiger partial charge in [-0.1, -0.05) is 13.8 Å². The zero-order chi connectivity index (χ0) is 15.5. The van der Waals surface area contributed by atoms with Crippen molar-refractivity contribution in [1.29, 1.82) is 0 Å². The summed E-state index contributed by atoms with van der Waals surface area (Å²) < 4.78 is 4.63. The maximum absolute atomic E-state index is 11.4. The summed E-state index contributed by atoms with van der Waals surface area (Å²) in [4.78, 5) is 13.9. The van der Waals surface area contributed by atoms with Crippen molar-refractivity contribution >= 4 is 5.97 Å². The molecule has 1 atom stereocenters. The molecule has 0 aromatic carbocycles. The zero-order valence-electron chi connectivity index (χ0n) is 13.8. The number of hydrogen-bond acceptors (Lipinski definition) is 4. The van der Waals surface area contributed by atoms with E-state index in [-0.39, 0.29) is 5.92 Å². The van der Waals surface area contributed by atoms with Crippen LogP contribution in [0.25, 0.3) is 0 Å². The van der Waals surface area contributed by atoms with Gasteiger partial charge in [0, 0.05) is 6.54 Å². The van der Waals surface area contributed by atoms with Crippen LogP contribution in [0.4, 0.5) is 0 Å². The molecule has 2 fully saturated rings. The lowest BCUT2D eigenvalue weighted by atomic mass is 9.73. The lowest BCUT2D eigenvalue weighted by molar-refractivity contribution is -0.154. The summed E-state index contributed by atoms with van der Waals surface area (Å²) >= 11 is 0. The molecule has 0 aromatic rings. The molecule has 4 heteroatoms. The van der Waals surface area contributed by atoms with E-state index >= 15 is 0 Å². The van der Waals surface area contributed by atoms with Gasteiger partial charge in [0.05, 0.1) is 7.11 Å². The van der Waals surface area contributed by atoms with Crippen LogP contribution >= 0.6 is 0 Å². The SMILES string of the molecule is COC(=O)C(O)C1CCN(CC2CCC(C)(C)CC2)CC1. The minimum atomic E-state index is -0.937. The Balaban J connectivity index is 1.71. The van der Waals surface area contributed by atoms with E-state index in [0.717, 1.165) is 31.8 Å². The second kappa shape index (κ2) is 7.10. The second-order valence-electron chi connectivity index (χ2n) is 7.71. The number of nitrogens with zero attached hydrogens (tertiary/aromatic N) is 1. The molecule has 122 valence electrons. The number of likely N-dealkylation sites (tertiary alicyclic amines) is 1. The molecule has 1 N–H and O–H groups in total. The number of methoxy groups -OCH3 is 1. The normalized spacial score (nSPS) is 26.5. The predicted molar refractivity (Wildman–Crippen MR) is 82.9 cm³/mol. The first kappa shape index (κ1) is 16.8. The van der Waals surface area contributed by atoms with Gasteiger partial charge in [0.15, 0.2) is 6.10 Å². The Morgan fingerprint density at radius 3 is 2.33 bits per heavy atom. The van der Waals surface area contributed by atoms with E-state index in [0.29, 0.717) is 5.41 Å². The van der Waals surface area contributed by atoms with Gasteiger partial charge in [0.25, 0.3) is 0 Å². The van der Waals surface area contributed by atoms with E-state index in [4.69, 9.17) is 0 Å². The number of carbonyl (C=O) groups is 1. The first-order chi connectivity index (χ1) is 9.91. The van der Waals surface area contributed by atoms with Crippen LogP contribution in [0, 0.1) is 17.3 Å². The van der Waals surface area contributed by atoms with Crippen LogP contribution < -0.4 is 0 Å². The van der Waals surface area contributed by atoms with Gasteiger partial charge >= 0.3 is 5.97 Å². The molecule has 1 heterocycles. The van der Waals surface area contributed by atoms with Crippen LogP contribution in [-0.4, -0.2) is 48.8 Å². The van der Waals surface area contributed by atoms with Gasteiger partial charge in [0.1, 0.15) is 0 Å². The third kappa shape index (κ3) is 4.68. The molecule has 2 rings (SSSR count). The molecule has 0 spiro atoms. The first-order valence-electron chi connectivity index (χ1n) is 8.39. The third-order valence-corrected chi connectivity index (χ3v) is 5.50. The smallest absolute Gasteiger partial charge is 0.334 e. The van der Waals surface area contributed by atoms with Crippen LogP contribution in [0.15, 0.2) is 0 Å². The number of esters is 1.